The van der Waals surface area contributed by atoms with Gasteiger partial charge in [0.15, 0.2) is 11.6 Å². The highest BCUT2D eigenvalue weighted by molar-refractivity contribution is 6.76. The summed E-state index contributed by atoms with van der Waals surface area (Å²) in [6.45, 7) is 9.57. The largest absolute Gasteiger partial charge is 0.454 e. The Labute approximate surface area is 277 Å². The molecule has 3 aromatic carbocycles. The maximum Gasteiger partial charge on any atom is 0.254 e. The number of carbonyl (C=O) groups is 2. The van der Waals surface area contributed by atoms with Crippen LogP contribution >= 0.6 is 0 Å². The highest BCUT2D eigenvalue weighted by Crippen LogP contribution is 2.29. The monoisotopic (exact) mass is 673 g/mol. The number of nitrogens with zero attached hydrogens (tertiary/aromatic N) is 4. The second-order valence-corrected chi connectivity index (χ2v) is 18.4. The molecule has 0 atom stereocenters. The van der Waals surface area contributed by atoms with Gasteiger partial charge in [-0.05, 0) is 66.7 Å². The summed E-state index contributed by atoms with van der Waals surface area (Å²) in [4.78, 5) is 29.1. The van der Waals surface area contributed by atoms with E-state index in [1.165, 1.54) is 23.0 Å². The summed E-state index contributed by atoms with van der Waals surface area (Å²) in [5.41, 5.74) is 8.84. The minimum Gasteiger partial charge on any atom is -0.454 e. The van der Waals surface area contributed by atoms with Crippen molar-refractivity contribution in [2.24, 2.45) is 0 Å². The Morgan fingerprint density at radius 3 is 2.48 bits per heavy atom. The van der Waals surface area contributed by atoms with Gasteiger partial charge in [0.2, 0.25) is 11.6 Å². The Morgan fingerprint density at radius 1 is 1.00 bits per heavy atom. The second-order valence-electron chi connectivity index (χ2n) is 12.8. The Morgan fingerprint density at radius 2 is 1.75 bits per heavy atom. The maximum atomic E-state index is 14.1. The third-order valence-corrected chi connectivity index (χ3v) is 9.88. The number of nitrogens with two attached hydrogens (primary N) is 1. The molecule has 6 rings (SSSR count). The molecule has 10 nitrogen and oxygen atoms in total. The van der Waals surface area contributed by atoms with Crippen molar-refractivity contribution >= 4 is 36.5 Å². The van der Waals surface area contributed by atoms with Crippen LogP contribution in [-0.4, -0.2) is 71.9 Å². The van der Waals surface area contributed by atoms with Gasteiger partial charge in [-0.15, -0.1) is 0 Å². The van der Waals surface area contributed by atoms with Gasteiger partial charge in [0.05, 0.1) is 41.9 Å². The minimum absolute atomic E-state index is 0.0878. The van der Waals surface area contributed by atoms with Gasteiger partial charge in [-0.3, -0.25) is 9.59 Å². The number of hydrogen-bond acceptors (Lipinski definition) is 7. The predicted octanol–water partition coefficient (Wildman–Crippen LogP) is 6.50. The van der Waals surface area contributed by atoms with Gasteiger partial charge in [-0.1, -0.05) is 25.7 Å². The number of rotatable bonds is 11. The molecular formula is C35H37F2N5O5Si. The summed E-state index contributed by atoms with van der Waals surface area (Å²) in [7, 11) is -1.34. The van der Waals surface area contributed by atoms with Gasteiger partial charge in [0.25, 0.3) is 5.91 Å². The van der Waals surface area contributed by atoms with Crippen molar-refractivity contribution in [1.29, 1.82) is 0 Å². The van der Waals surface area contributed by atoms with Gasteiger partial charge >= 0.3 is 0 Å². The second kappa shape index (κ2) is 13.7. The molecule has 13 heteroatoms. The third-order valence-electron chi connectivity index (χ3n) is 8.17. The zero-order valence-corrected chi connectivity index (χ0v) is 28.0. The fourth-order valence-electron chi connectivity index (χ4n) is 5.44. The number of aromatic nitrogens is 3. The molecule has 1 fully saturated rings. The van der Waals surface area contributed by atoms with E-state index in [-0.39, 0.29) is 41.3 Å². The molecule has 1 aliphatic heterocycles. The van der Waals surface area contributed by atoms with Crippen LogP contribution in [0.5, 0.6) is 11.5 Å². The maximum absolute atomic E-state index is 14.1. The lowest BCUT2D eigenvalue weighted by Crippen LogP contribution is -2.40. The molecule has 48 heavy (non-hydrogen) atoms. The van der Waals surface area contributed by atoms with E-state index in [4.69, 9.17) is 19.9 Å². The van der Waals surface area contributed by atoms with Crippen LogP contribution in [0.2, 0.25) is 25.7 Å². The summed E-state index contributed by atoms with van der Waals surface area (Å²) in [6, 6.07) is 18.2. The van der Waals surface area contributed by atoms with Gasteiger partial charge in [0, 0.05) is 38.7 Å². The van der Waals surface area contributed by atoms with Crippen LogP contribution < -0.4 is 10.5 Å². The van der Waals surface area contributed by atoms with Gasteiger partial charge in [-0.2, -0.15) is 9.49 Å². The number of ether oxygens (including phenoxy) is 3. The molecular weight excluding hydrogens is 636 g/mol. The first kappa shape index (κ1) is 33.1. The van der Waals surface area contributed by atoms with Crippen LogP contribution in [0.25, 0.3) is 16.6 Å². The molecule has 0 spiro atoms. The summed E-state index contributed by atoms with van der Waals surface area (Å²) >= 11 is 0. The Balaban J connectivity index is 1.28. The summed E-state index contributed by atoms with van der Waals surface area (Å²) < 4.78 is 47.9. The van der Waals surface area contributed by atoms with Crippen LogP contribution in [-0.2, 0) is 16.2 Å². The number of anilines is 1. The van der Waals surface area contributed by atoms with Crippen molar-refractivity contribution in [1.82, 2.24) is 19.2 Å². The molecule has 0 saturated carbocycles. The number of amides is 1. The van der Waals surface area contributed by atoms with E-state index in [0.717, 1.165) is 23.0 Å². The lowest BCUT2D eigenvalue weighted by atomic mass is 10.1. The minimum atomic E-state index is -1.34. The standard InChI is InChI=1S/C35H37F2N5O5Si/c1-48(2,3)18-17-46-22-41-29-12-7-23(35(44)40-13-15-45-16-14-40)19-24(29)20-30(41)33(43)27-21-39-42(34(27)38)25-8-10-26(11-9-25)47-31-6-4-5-28(36)32(31)37/h4-12,19-21H,13-18,22,38H2,1-3H3. The number of carbonyl (C=O) groups excluding carboxylic acids is 2. The topological polar surface area (TPSA) is 114 Å². The Kier molecular flexibility index (Phi) is 9.44. The van der Waals surface area contributed by atoms with E-state index in [1.807, 2.05) is 6.07 Å². The van der Waals surface area contributed by atoms with Crippen LogP contribution in [0, 0.1) is 11.6 Å². The fourth-order valence-corrected chi connectivity index (χ4v) is 6.19. The van der Waals surface area contributed by atoms with Crippen LogP contribution in [0.4, 0.5) is 14.6 Å². The summed E-state index contributed by atoms with van der Waals surface area (Å²) in [5, 5.41) is 5.10. The van der Waals surface area contributed by atoms with Gasteiger partial charge in [-0.25, -0.2) is 9.07 Å². The number of nitrogen functional groups attached to an aromatic ring is 1. The lowest BCUT2D eigenvalue weighted by molar-refractivity contribution is 0.0303. The van der Waals surface area contributed by atoms with E-state index in [1.54, 1.807) is 51.9 Å². The van der Waals surface area contributed by atoms with Crippen LogP contribution in [0.3, 0.4) is 0 Å². The number of fused-ring (bicyclic) bond motifs is 1. The highest BCUT2D eigenvalue weighted by Gasteiger charge is 2.25. The number of morpholine rings is 1. The van der Waals surface area contributed by atoms with E-state index in [9.17, 15) is 18.4 Å². The lowest BCUT2D eigenvalue weighted by Gasteiger charge is -2.26. The van der Waals surface area contributed by atoms with Crippen LogP contribution in [0.1, 0.15) is 26.4 Å². The van der Waals surface area contributed by atoms with E-state index in [0.29, 0.717) is 49.9 Å². The molecule has 0 unspecified atom stereocenters. The van der Waals surface area contributed by atoms with Crippen molar-refractivity contribution in [2.75, 3.05) is 38.6 Å². The molecule has 1 amide bonds. The Hall–Kier alpha value is -4.85. The summed E-state index contributed by atoms with van der Waals surface area (Å²) in [5.74, 6) is -2.39. The number of hydrogen-bond donors (Lipinski definition) is 1. The number of halogens is 2. The molecule has 5 aromatic rings. The quantitative estimate of drug-likeness (QED) is 0.0968. The van der Waals surface area contributed by atoms with Gasteiger partial charge in [0.1, 0.15) is 18.3 Å². The van der Waals surface area contributed by atoms with E-state index < -0.39 is 19.7 Å². The number of benzene rings is 3. The first-order valence-corrected chi connectivity index (χ1v) is 19.4. The number of ketones is 1. The van der Waals surface area contributed by atoms with Crippen molar-refractivity contribution in [3.8, 4) is 17.2 Å². The van der Waals surface area contributed by atoms with Crippen LogP contribution in [0.15, 0.2) is 72.9 Å². The smallest absolute Gasteiger partial charge is 0.254 e. The van der Waals surface area contributed by atoms with Crippen molar-refractivity contribution in [2.45, 2.75) is 32.4 Å². The zero-order valence-electron chi connectivity index (χ0n) is 27.0. The third kappa shape index (κ3) is 7.03. The molecule has 0 radical (unpaired) electrons. The molecule has 0 aliphatic carbocycles. The predicted molar refractivity (Wildman–Crippen MR) is 181 cm³/mol. The molecule has 250 valence electrons. The van der Waals surface area contributed by atoms with Gasteiger partial charge < -0.3 is 29.4 Å². The molecule has 2 aromatic heterocycles. The normalized spacial score (nSPS) is 13.6. The van der Waals surface area contributed by atoms with E-state index in [2.05, 4.69) is 24.7 Å². The van der Waals surface area contributed by atoms with Crippen molar-refractivity contribution in [3.05, 3.63) is 101 Å². The average molecular weight is 674 g/mol. The highest BCUT2D eigenvalue weighted by atomic mass is 28.3. The van der Waals surface area contributed by atoms with E-state index >= 15 is 0 Å². The molecule has 2 N–H and O–H groups in total. The van der Waals surface area contributed by atoms with Crippen molar-refractivity contribution < 1.29 is 32.6 Å². The SMILES string of the molecule is C[Si](C)(C)CCOCn1c(C(=O)c2cnn(-c3ccc(Oc4cccc(F)c4F)cc3)c2N)cc2cc(C(=O)N3CCOCC3)ccc21. The first-order chi connectivity index (χ1) is 23.0. The zero-order chi connectivity index (χ0) is 34.0. The molecule has 1 aliphatic rings. The first-order valence-electron chi connectivity index (χ1n) is 15.7. The van der Waals surface area contributed by atoms with Crippen molar-refractivity contribution in [3.63, 3.8) is 0 Å². The molecule has 0 bridgehead atoms. The Bertz CT molecular complexity index is 1960. The summed E-state index contributed by atoms with van der Waals surface area (Å²) in [6.07, 6.45) is 1.41. The average Bonchev–Trinajstić information content (AvgIpc) is 3.64. The molecule has 1 saturated heterocycles. The molecule has 3 heterocycles. The fraction of sp³-hybridized carbons (Fsp3) is 0.286.